The number of nitrogens with zero attached hydrogens (tertiary/aromatic N) is 5. The lowest BCUT2D eigenvalue weighted by Crippen LogP contribution is -2.37. The van der Waals surface area contributed by atoms with E-state index in [1.54, 1.807) is 18.6 Å². The second kappa shape index (κ2) is 7.42. The van der Waals surface area contributed by atoms with E-state index in [1.165, 1.54) is 11.6 Å². The monoisotopic (exact) mass is 449 g/mol. The molecule has 0 unspecified atom stereocenters. The maximum Gasteiger partial charge on any atom is 0.332 e. The van der Waals surface area contributed by atoms with Crippen molar-refractivity contribution in [3.05, 3.63) is 86.2 Å². The van der Waals surface area contributed by atoms with Gasteiger partial charge in [0, 0.05) is 30.9 Å². The van der Waals surface area contributed by atoms with Gasteiger partial charge >= 0.3 is 5.69 Å². The predicted molar refractivity (Wildman–Crippen MR) is 124 cm³/mol. The Morgan fingerprint density at radius 1 is 1.03 bits per heavy atom. The van der Waals surface area contributed by atoms with Gasteiger partial charge < -0.3 is 9.30 Å². The van der Waals surface area contributed by atoms with Gasteiger partial charge in [0.2, 0.25) is 5.78 Å². The fourth-order valence-corrected chi connectivity index (χ4v) is 4.18. The zero-order chi connectivity index (χ0) is 22.6. The largest absolute Gasteiger partial charge is 0.497 e. The summed E-state index contributed by atoms with van der Waals surface area (Å²) in [5.41, 5.74) is 2.49. The lowest BCUT2D eigenvalue weighted by molar-refractivity contribution is 0.415. The maximum atomic E-state index is 13.0. The van der Waals surface area contributed by atoms with Crippen molar-refractivity contribution in [2.24, 2.45) is 14.1 Å². The highest BCUT2D eigenvalue weighted by atomic mass is 35.5. The second-order valence-electron chi connectivity index (χ2n) is 7.58. The van der Waals surface area contributed by atoms with Gasteiger partial charge in [-0.2, -0.15) is 4.98 Å². The second-order valence-corrected chi connectivity index (χ2v) is 7.99. The average molecular weight is 450 g/mol. The van der Waals surface area contributed by atoms with E-state index < -0.39 is 11.2 Å². The number of aryl methyl sites for hydroxylation is 1. The van der Waals surface area contributed by atoms with Gasteiger partial charge in [-0.15, -0.1) is 0 Å². The molecule has 0 fully saturated rings. The van der Waals surface area contributed by atoms with E-state index in [2.05, 4.69) is 0 Å². The number of benzene rings is 2. The van der Waals surface area contributed by atoms with Crippen LogP contribution in [-0.4, -0.2) is 30.2 Å². The van der Waals surface area contributed by atoms with Crippen molar-refractivity contribution < 1.29 is 4.74 Å². The Morgan fingerprint density at radius 3 is 2.56 bits per heavy atom. The quantitative estimate of drug-likeness (QED) is 0.422. The highest BCUT2D eigenvalue weighted by molar-refractivity contribution is 6.31. The van der Waals surface area contributed by atoms with Crippen molar-refractivity contribution in [3.8, 4) is 17.0 Å². The molecule has 0 amide bonds. The molecule has 0 spiro atoms. The first-order chi connectivity index (χ1) is 15.4. The van der Waals surface area contributed by atoms with E-state index in [0.29, 0.717) is 34.3 Å². The molecule has 0 bridgehead atoms. The van der Waals surface area contributed by atoms with Crippen LogP contribution in [0.2, 0.25) is 5.02 Å². The lowest BCUT2D eigenvalue weighted by atomic mass is 10.1. The fourth-order valence-electron chi connectivity index (χ4n) is 3.98. The van der Waals surface area contributed by atoms with Crippen LogP contribution in [0.4, 0.5) is 0 Å². The normalized spacial score (nSPS) is 11.5. The molecule has 2 aromatic carbocycles. The minimum Gasteiger partial charge on any atom is -0.497 e. The standard InChI is InChI=1S/C23H20ClN5O3/c1-26-20-19(21(30)27(2)23(26)31)29-13-18(14-8-6-9-16(11-14)32-3)28(22(29)25-20)12-15-7-4-5-10-17(15)24/h4-11,13H,12H2,1-3H3. The van der Waals surface area contributed by atoms with Crippen LogP contribution in [0.1, 0.15) is 5.56 Å². The van der Waals surface area contributed by atoms with Gasteiger partial charge in [-0.1, -0.05) is 41.9 Å². The molecule has 0 aliphatic rings. The number of imidazole rings is 2. The van der Waals surface area contributed by atoms with Crippen molar-refractivity contribution in [1.82, 2.24) is 23.1 Å². The molecule has 0 N–H and O–H groups in total. The number of rotatable bonds is 4. The first-order valence-corrected chi connectivity index (χ1v) is 10.3. The van der Waals surface area contributed by atoms with Crippen LogP contribution in [0, 0.1) is 0 Å². The summed E-state index contributed by atoms with van der Waals surface area (Å²) in [6.45, 7) is 0.431. The molecule has 0 saturated heterocycles. The van der Waals surface area contributed by atoms with Gasteiger partial charge in [0.05, 0.1) is 19.3 Å². The van der Waals surface area contributed by atoms with E-state index in [1.807, 2.05) is 59.3 Å². The van der Waals surface area contributed by atoms with E-state index in [-0.39, 0.29) is 0 Å². The maximum absolute atomic E-state index is 13.0. The van der Waals surface area contributed by atoms with Gasteiger partial charge in [0.15, 0.2) is 11.2 Å². The summed E-state index contributed by atoms with van der Waals surface area (Å²) >= 11 is 6.45. The van der Waals surface area contributed by atoms with E-state index in [9.17, 15) is 9.59 Å². The molecule has 3 aromatic heterocycles. The molecule has 3 heterocycles. The molecule has 9 heteroatoms. The minimum atomic E-state index is -0.422. The molecule has 0 aliphatic carbocycles. The number of aromatic nitrogens is 5. The number of hydrogen-bond donors (Lipinski definition) is 0. The topological polar surface area (TPSA) is 75.5 Å². The third-order valence-electron chi connectivity index (χ3n) is 5.71. The van der Waals surface area contributed by atoms with Crippen molar-refractivity contribution in [3.63, 3.8) is 0 Å². The Hall–Kier alpha value is -3.78. The summed E-state index contributed by atoms with van der Waals surface area (Å²) in [4.78, 5) is 30.1. The molecule has 162 valence electrons. The highest BCUT2D eigenvalue weighted by Gasteiger charge is 2.21. The number of ether oxygens (including phenoxy) is 1. The van der Waals surface area contributed by atoms with Gasteiger partial charge in [-0.3, -0.25) is 18.3 Å². The average Bonchev–Trinajstić information content (AvgIpc) is 3.35. The smallest absolute Gasteiger partial charge is 0.332 e. The third-order valence-corrected chi connectivity index (χ3v) is 6.08. The van der Waals surface area contributed by atoms with Crippen LogP contribution in [-0.2, 0) is 20.6 Å². The number of methoxy groups -OCH3 is 1. The van der Waals surface area contributed by atoms with Crippen LogP contribution in [0.25, 0.3) is 28.2 Å². The van der Waals surface area contributed by atoms with E-state index in [4.69, 9.17) is 21.3 Å². The molecule has 8 nitrogen and oxygen atoms in total. The molecule has 32 heavy (non-hydrogen) atoms. The molecule has 5 aromatic rings. The number of halogens is 1. The van der Waals surface area contributed by atoms with E-state index >= 15 is 0 Å². The van der Waals surface area contributed by atoms with Crippen LogP contribution >= 0.6 is 11.6 Å². The van der Waals surface area contributed by atoms with Gasteiger partial charge in [-0.05, 0) is 23.8 Å². The molecular weight excluding hydrogens is 430 g/mol. The van der Waals surface area contributed by atoms with Crippen LogP contribution in [0.3, 0.4) is 0 Å². The Bertz CT molecular complexity index is 1620. The number of hydrogen-bond acceptors (Lipinski definition) is 4. The Kier molecular flexibility index (Phi) is 4.67. The van der Waals surface area contributed by atoms with Crippen LogP contribution in [0.15, 0.2) is 64.3 Å². The predicted octanol–water partition coefficient (Wildman–Crippen LogP) is 3.06. The van der Waals surface area contributed by atoms with Gasteiger partial charge in [0.25, 0.3) is 5.56 Å². The molecule has 0 atom stereocenters. The Balaban J connectivity index is 1.87. The molecular formula is C23H20ClN5O3. The van der Waals surface area contributed by atoms with Crippen molar-refractivity contribution in [1.29, 1.82) is 0 Å². The molecule has 5 rings (SSSR count). The lowest BCUT2D eigenvalue weighted by Gasteiger charge is -2.11. The minimum absolute atomic E-state index is 0.332. The summed E-state index contributed by atoms with van der Waals surface area (Å²) in [5.74, 6) is 1.25. The SMILES string of the molecule is COc1cccc(-c2cn3c4c(=O)n(C)c(=O)n(C)c4nc3n2Cc2ccccc2Cl)c1. The first kappa shape index (κ1) is 20.1. The van der Waals surface area contributed by atoms with Crippen LogP contribution in [0.5, 0.6) is 5.75 Å². The van der Waals surface area contributed by atoms with Gasteiger partial charge in [-0.25, -0.2) is 4.79 Å². The zero-order valence-corrected chi connectivity index (χ0v) is 18.5. The van der Waals surface area contributed by atoms with Crippen molar-refractivity contribution >= 4 is 28.5 Å². The third kappa shape index (κ3) is 2.95. The summed E-state index contributed by atoms with van der Waals surface area (Å²) in [7, 11) is 4.69. The molecule has 0 saturated carbocycles. The Labute approximate surface area is 187 Å². The zero-order valence-electron chi connectivity index (χ0n) is 17.7. The summed E-state index contributed by atoms with van der Waals surface area (Å²) in [5, 5.41) is 0.635. The van der Waals surface area contributed by atoms with Gasteiger partial charge in [0.1, 0.15) is 5.75 Å². The summed E-state index contributed by atoms with van der Waals surface area (Å²) in [6, 6.07) is 15.3. The first-order valence-electron chi connectivity index (χ1n) is 9.96. The van der Waals surface area contributed by atoms with Crippen molar-refractivity contribution in [2.45, 2.75) is 6.54 Å². The molecule has 0 aliphatic heterocycles. The highest BCUT2D eigenvalue weighted by Crippen LogP contribution is 2.29. The summed E-state index contributed by atoms with van der Waals surface area (Å²) < 4.78 is 11.6. The fraction of sp³-hybridized carbons (Fsp3) is 0.174. The molecule has 0 radical (unpaired) electrons. The van der Waals surface area contributed by atoms with Crippen molar-refractivity contribution in [2.75, 3.05) is 7.11 Å². The van der Waals surface area contributed by atoms with Crippen LogP contribution < -0.4 is 16.0 Å². The van der Waals surface area contributed by atoms with E-state index in [0.717, 1.165) is 21.4 Å². The number of fused-ring (bicyclic) bond motifs is 3. The Morgan fingerprint density at radius 2 is 1.81 bits per heavy atom. The summed E-state index contributed by atoms with van der Waals surface area (Å²) in [6.07, 6.45) is 1.86.